The summed E-state index contributed by atoms with van der Waals surface area (Å²) in [5, 5.41) is 0. The molecule has 5 saturated carbocycles. The highest BCUT2D eigenvalue weighted by Gasteiger charge is 2.85. The Morgan fingerprint density at radius 3 is 2.36 bits per heavy atom. The zero-order valence-electron chi connectivity index (χ0n) is 8.36. The van der Waals surface area contributed by atoms with Gasteiger partial charge in [-0.25, -0.2) is 0 Å². The average Bonchev–Trinajstić information content (AvgIpc) is 2.57. The molecule has 6 aliphatic rings. The van der Waals surface area contributed by atoms with Crippen LogP contribution in [0.25, 0.3) is 0 Å². The van der Waals surface area contributed by atoms with Crippen LogP contribution in [0.2, 0.25) is 0 Å². The zero-order chi connectivity index (χ0) is 8.65. The van der Waals surface area contributed by atoms with E-state index in [1.807, 2.05) is 0 Å². The SMILES string of the molecule is C1C2C3C4C2C2(COC2)C2C1[C@H]3C[C@H]42. The number of hydrogen-bond donors (Lipinski definition) is 0. The van der Waals surface area contributed by atoms with Crippen LogP contribution >= 0.6 is 0 Å². The molecule has 6 rings (SSSR count). The molecule has 0 aromatic heterocycles. The highest BCUT2D eigenvalue weighted by atomic mass is 16.5. The molecule has 1 heterocycles. The van der Waals surface area contributed by atoms with Crippen molar-refractivity contribution >= 4 is 0 Å². The molecule has 6 unspecified atom stereocenters. The summed E-state index contributed by atoms with van der Waals surface area (Å²) in [5.41, 5.74) is 0.755. The van der Waals surface area contributed by atoms with Crippen molar-refractivity contribution in [1.29, 1.82) is 0 Å². The van der Waals surface area contributed by atoms with Crippen LogP contribution < -0.4 is 0 Å². The smallest absolute Gasteiger partial charge is 0.0550 e. The third kappa shape index (κ3) is 0.351. The third-order valence-corrected chi connectivity index (χ3v) is 7.43. The molecule has 1 aliphatic heterocycles. The Kier molecular flexibility index (Phi) is 0.707. The summed E-state index contributed by atoms with van der Waals surface area (Å²) in [6.45, 7) is 2.31. The first-order valence-electron chi connectivity index (χ1n) is 6.49. The number of rotatable bonds is 0. The summed E-state index contributed by atoms with van der Waals surface area (Å²) >= 11 is 0. The summed E-state index contributed by atoms with van der Waals surface area (Å²) in [7, 11) is 0. The summed E-state index contributed by atoms with van der Waals surface area (Å²) in [6, 6.07) is 0. The molecule has 74 valence electrons. The molecule has 1 nitrogen and oxygen atoms in total. The lowest BCUT2D eigenvalue weighted by Crippen LogP contribution is -2.58. The molecule has 0 N–H and O–H groups in total. The van der Waals surface area contributed by atoms with Gasteiger partial charge in [0.25, 0.3) is 0 Å². The van der Waals surface area contributed by atoms with E-state index >= 15 is 0 Å². The van der Waals surface area contributed by atoms with Gasteiger partial charge in [-0.3, -0.25) is 0 Å². The Morgan fingerprint density at radius 2 is 1.57 bits per heavy atom. The average molecular weight is 188 g/mol. The standard InChI is InChI=1S/C13H16O/c1-5-6-2-7-9(5)10-8(1)11(6)13(12(7)10)3-14-4-13/h5-12H,1-4H2/t5-,6?,7?,8-,9?,10?,11?,12?/m1/s1. The van der Waals surface area contributed by atoms with Crippen molar-refractivity contribution in [2.45, 2.75) is 12.8 Å². The topological polar surface area (TPSA) is 9.23 Å². The minimum atomic E-state index is 0.755. The minimum absolute atomic E-state index is 0.755. The molecule has 0 radical (unpaired) electrons. The number of hydrogen-bond acceptors (Lipinski definition) is 1. The quantitative estimate of drug-likeness (QED) is 0.563. The Labute approximate surface area is 84.2 Å². The second kappa shape index (κ2) is 1.52. The molecule has 2 bridgehead atoms. The fourth-order valence-electron chi connectivity index (χ4n) is 7.66. The Bertz CT molecular complexity index is 352. The van der Waals surface area contributed by atoms with Gasteiger partial charge >= 0.3 is 0 Å². The number of fused-ring (bicyclic) bond motifs is 4. The van der Waals surface area contributed by atoms with Crippen LogP contribution in [0, 0.1) is 52.8 Å². The molecule has 5 aliphatic carbocycles. The first-order chi connectivity index (χ1) is 6.92. The second-order valence-corrected chi connectivity index (χ2v) is 7.06. The first kappa shape index (κ1) is 6.52. The molecule has 1 saturated heterocycles. The third-order valence-electron chi connectivity index (χ3n) is 7.43. The molecule has 1 spiro atoms. The monoisotopic (exact) mass is 188 g/mol. The zero-order valence-corrected chi connectivity index (χ0v) is 8.36. The molecule has 14 heavy (non-hydrogen) atoms. The lowest BCUT2D eigenvalue weighted by atomic mass is 9.51. The van der Waals surface area contributed by atoms with Gasteiger partial charge in [0.05, 0.1) is 13.2 Å². The van der Waals surface area contributed by atoms with Crippen LogP contribution in [0.5, 0.6) is 0 Å². The van der Waals surface area contributed by atoms with Crippen molar-refractivity contribution < 1.29 is 4.74 Å². The van der Waals surface area contributed by atoms with Gasteiger partial charge in [0.2, 0.25) is 0 Å². The molecule has 8 atom stereocenters. The maximum atomic E-state index is 5.60. The van der Waals surface area contributed by atoms with Crippen LogP contribution in [0.3, 0.4) is 0 Å². The fraction of sp³-hybridized carbons (Fsp3) is 1.00. The van der Waals surface area contributed by atoms with Crippen molar-refractivity contribution in [3.63, 3.8) is 0 Å². The molecule has 6 fully saturated rings. The summed E-state index contributed by atoms with van der Waals surface area (Å²) in [6.07, 6.45) is 3.28. The van der Waals surface area contributed by atoms with E-state index in [4.69, 9.17) is 4.74 Å². The van der Waals surface area contributed by atoms with E-state index in [2.05, 4.69) is 0 Å². The second-order valence-electron chi connectivity index (χ2n) is 7.06. The van der Waals surface area contributed by atoms with Crippen molar-refractivity contribution in [3.05, 3.63) is 0 Å². The van der Waals surface area contributed by atoms with E-state index < -0.39 is 0 Å². The van der Waals surface area contributed by atoms with Gasteiger partial charge in [0.15, 0.2) is 0 Å². The lowest BCUT2D eigenvalue weighted by molar-refractivity contribution is -0.209. The van der Waals surface area contributed by atoms with Gasteiger partial charge in [-0.1, -0.05) is 0 Å². The largest absolute Gasteiger partial charge is 0.380 e. The summed E-state index contributed by atoms with van der Waals surface area (Å²) in [5.74, 6) is 9.48. The van der Waals surface area contributed by atoms with Crippen LogP contribution in [-0.2, 0) is 4.74 Å². The molecule has 0 aromatic carbocycles. The normalized spacial score (nSPS) is 77.1. The first-order valence-corrected chi connectivity index (χ1v) is 6.49. The predicted octanol–water partition coefficient (Wildman–Crippen LogP) is 1.78. The summed E-state index contributed by atoms with van der Waals surface area (Å²) < 4.78 is 5.60. The van der Waals surface area contributed by atoms with E-state index in [0.717, 1.165) is 30.5 Å². The lowest BCUT2D eigenvalue weighted by Gasteiger charge is -2.57. The van der Waals surface area contributed by atoms with Gasteiger partial charge in [0.1, 0.15) is 0 Å². The molecule has 0 aromatic rings. The van der Waals surface area contributed by atoms with Crippen molar-refractivity contribution in [3.8, 4) is 0 Å². The van der Waals surface area contributed by atoms with E-state index in [1.54, 1.807) is 12.8 Å². The minimum Gasteiger partial charge on any atom is -0.380 e. The molecular weight excluding hydrogens is 172 g/mol. The molecular formula is C13H16O. The maximum absolute atomic E-state index is 5.60. The van der Waals surface area contributed by atoms with E-state index in [9.17, 15) is 0 Å². The molecule has 0 amide bonds. The van der Waals surface area contributed by atoms with Crippen molar-refractivity contribution in [2.75, 3.05) is 13.2 Å². The van der Waals surface area contributed by atoms with E-state index in [-0.39, 0.29) is 0 Å². The van der Waals surface area contributed by atoms with Gasteiger partial charge in [-0.15, -0.1) is 0 Å². The van der Waals surface area contributed by atoms with Crippen molar-refractivity contribution in [1.82, 2.24) is 0 Å². The van der Waals surface area contributed by atoms with Crippen LogP contribution in [0.15, 0.2) is 0 Å². The van der Waals surface area contributed by atoms with Gasteiger partial charge in [-0.2, -0.15) is 0 Å². The Balaban J connectivity index is 1.69. The van der Waals surface area contributed by atoms with Gasteiger partial charge in [-0.05, 0) is 60.2 Å². The molecule has 1 heteroatoms. The van der Waals surface area contributed by atoms with Crippen molar-refractivity contribution in [2.24, 2.45) is 52.8 Å². The highest BCUT2D eigenvalue weighted by Crippen LogP contribution is 2.88. The Morgan fingerprint density at radius 1 is 0.786 bits per heavy atom. The van der Waals surface area contributed by atoms with E-state index in [1.165, 1.54) is 35.5 Å². The van der Waals surface area contributed by atoms with Crippen LogP contribution in [0.4, 0.5) is 0 Å². The highest BCUT2D eigenvalue weighted by molar-refractivity contribution is 5.32. The number of ether oxygens (including phenoxy) is 1. The van der Waals surface area contributed by atoms with Crippen LogP contribution in [0.1, 0.15) is 12.8 Å². The fourth-order valence-corrected chi connectivity index (χ4v) is 7.66. The Hall–Kier alpha value is -0.0400. The summed E-state index contributed by atoms with van der Waals surface area (Å²) in [4.78, 5) is 0. The van der Waals surface area contributed by atoms with Gasteiger partial charge < -0.3 is 4.74 Å². The van der Waals surface area contributed by atoms with E-state index in [0.29, 0.717) is 0 Å². The maximum Gasteiger partial charge on any atom is 0.0550 e. The van der Waals surface area contributed by atoms with Gasteiger partial charge in [0, 0.05) is 5.41 Å². The van der Waals surface area contributed by atoms with Crippen LogP contribution in [-0.4, -0.2) is 13.2 Å². The predicted molar refractivity (Wildman–Crippen MR) is 50.4 cm³/mol.